The lowest BCUT2D eigenvalue weighted by Gasteiger charge is -1.98. The van der Waals surface area contributed by atoms with Crippen molar-refractivity contribution in [2.45, 2.75) is 0 Å². The zero-order chi connectivity index (χ0) is 11.0. The number of benzene rings is 1. The van der Waals surface area contributed by atoms with Crippen molar-refractivity contribution in [2.75, 3.05) is 5.73 Å². The van der Waals surface area contributed by atoms with Gasteiger partial charge < -0.3 is 10.3 Å². The van der Waals surface area contributed by atoms with Gasteiger partial charge in [0.1, 0.15) is 10.8 Å². The average Bonchev–Trinajstić information content (AvgIpc) is 2.53. The molecule has 0 aliphatic rings. The molecule has 3 nitrogen and oxygen atoms in total. The van der Waals surface area contributed by atoms with Gasteiger partial charge in [-0.2, -0.15) is 0 Å². The third-order valence-electron chi connectivity index (χ3n) is 1.84. The van der Waals surface area contributed by atoms with E-state index in [-0.39, 0.29) is 21.6 Å². The Kier molecular flexibility index (Phi) is 2.54. The van der Waals surface area contributed by atoms with Crippen molar-refractivity contribution in [2.24, 2.45) is 0 Å². The number of hydrogen-bond donors (Lipinski definition) is 1. The van der Waals surface area contributed by atoms with Crippen LogP contribution in [0.1, 0.15) is 0 Å². The molecule has 0 radical (unpaired) electrons. The molecule has 0 saturated heterocycles. The SMILES string of the molecule is Nc1noc(-c2ccc(Cl)c(F)c2)c1Cl. The standard InChI is InChI=1S/C9H5Cl2FN2O/c10-5-2-1-4(3-6(5)12)8-7(11)9(13)14-15-8/h1-3H,(H2,13,14). The fraction of sp³-hybridized carbons (Fsp3) is 0. The van der Waals surface area contributed by atoms with E-state index in [2.05, 4.69) is 5.16 Å². The summed E-state index contributed by atoms with van der Waals surface area (Å²) >= 11 is 11.3. The molecule has 0 unspecified atom stereocenters. The van der Waals surface area contributed by atoms with E-state index in [1.807, 2.05) is 0 Å². The largest absolute Gasteiger partial charge is 0.380 e. The zero-order valence-electron chi connectivity index (χ0n) is 7.30. The van der Waals surface area contributed by atoms with Gasteiger partial charge in [0.2, 0.25) is 0 Å². The highest BCUT2D eigenvalue weighted by Crippen LogP contribution is 2.33. The fourth-order valence-corrected chi connectivity index (χ4v) is 1.40. The molecule has 6 heteroatoms. The summed E-state index contributed by atoms with van der Waals surface area (Å²) in [6, 6.07) is 4.17. The number of hydrogen-bond acceptors (Lipinski definition) is 3. The molecule has 2 aromatic rings. The maximum absolute atomic E-state index is 13.1. The number of nitrogens with two attached hydrogens (primary N) is 1. The van der Waals surface area contributed by atoms with Crippen molar-refractivity contribution in [1.82, 2.24) is 5.16 Å². The van der Waals surface area contributed by atoms with Crippen LogP contribution in [0.2, 0.25) is 10.0 Å². The third-order valence-corrected chi connectivity index (χ3v) is 2.51. The average molecular weight is 247 g/mol. The molecule has 78 valence electrons. The third kappa shape index (κ3) is 1.78. The first kappa shape index (κ1) is 10.3. The van der Waals surface area contributed by atoms with Gasteiger partial charge in [-0.25, -0.2) is 4.39 Å². The Hall–Kier alpha value is -1.26. The van der Waals surface area contributed by atoms with Gasteiger partial charge in [-0.1, -0.05) is 28.4 Å². The lowest BCUT2D eigenvalue weighted by Crippen LogP contribution is -1.83. The zero-order valence-corrected chi connectivity index (χ0v) is 8.81. The molecular formula is C9H5Cl2FN2O. The van der Waals surface area contributed by atoms with Gasteiger partial charge in [0.05, 0.1) is 5.02 Å². The summed E-state index contributed by atoms with van der Waals surface area (Å²) in [6.07, 6.45) is 0. The minimum atomic E-state index is -0.555. The number of anilines is 1. The minimum absolute atomic E-state index is 0.0300. The van der Waals surface area contributed by atoms with E-state index in [0.29, 0.717) is 5.56 Å². The summed E-state index contributed by atoms with van der Waals surface area (Å²) in [5.41, 5.74) is 5.83. The lowest BCUT2D eigenvalue weighted by molar-refractivity contribution is 0.435. The molecule has 0 bridgehead atoms. The maximum Gasteiger partial charge on any atom is 0.187 e. The fourth-order valence-electron chi connectivity index (χ4n) is 1.11. The first-order valence-electron chi connectivity index (χ1n) is 3.95. The maximum atomic E-state index is 13.1. The van der Waals surface area contributed by atoms with E-state index in [1.54, 1.807) is 6.07 Å². The van der Waals surface area contributed by atoms with E-state index in [1.165, 1.54) is 12.1 Å². The second-order valence-electron chi connectivity index (χ2n) is 2.84. The lowest BCUT2D eigenvalue weighted by atomic mass is 10.1. The Bertz CT molecular complexity index is 513. The van der Waals surface area contributed by atoms with Gasteiger partial charge in [0.15, 0.2) is 11.6 Å². The first-order valence-corrected chi connectivity index (χ1v) is 4.71. The van der Waals surface area contributed by atoms with Crippen molar-refractivity contribution in [3.05, 3.63) is 34.1 Å². The number of rotatable bonds is 1. The van der Waals surface area contributed by atoms with Crippen molar-refractivity contribution < 1.29 is 8.91 Å². The highest BCUT2D eigenvalue weighted by Gasteiger charge is 2.14. The summed E-state index contributed by atoms with van der Waals surface area (Å²) in [4.78, 5) is 0. The van der Waals surface area contributed by atoms with E-state index in [4.69, 9.17) is 33.5 Å². The summed E-state index contributed by atoms with van der Waals surface area (Å²) in [6.45, 7) is 0. The van der Waals surface area contributed by atoms with Crippen molar-refractivity contribution in [3.63, 3.8) is 0 Å². The smallest absolute Gasteiger partial charge is 0.187 e. The monoisotopic (exact) mass is 246 g/mol. The van der Waals surface area contributed by atoms with Crippen LogP contribution in [0.5, 0.6) is 0 Å². The molecule has 0 fully saturated rings. The number of halogens is 3. The molecule has 1 heterocycles. The number of aromatic nitrogens is 1. The first-order chi connectivity index (χ1) is 7.09. The molecule has 0 saturated carbocycles. The van der Waals surface area contributed by atoms with E-state index in [0.717, 1.165) is 0 Å². The van der Waals surface area contributed by atoms with Crippen molar-refractivity contribution in [3.8, 4) is 11.3 Å². The van der Waals surface area contributed by atoms with Crippen molar-refractivity contribution in [1.29, 1.82) is 0 Å². The van der Waals surface area contributed by atoms with Crippen LogP contribution in [0.15, 0.2) is 22.7 Å². The molecule has 0 atom stereocenters. The highest BCUT2D eigenvalue weighted by atomic mass is 35.5. The Morgan fingerprint density at radius 2 is 2.07 bits per heavy atom. The van der Waals surface area contributed by atoms with Crippen LogP contribution >= 0.6 is 23.2 Å². The second-order valence-corrected chi connectivity index (χ2v) is 3.62. The Labute approximate surface area is 94.6 Å². The van der Waals surface area contributed by atoms with E-state index < -0.39 is 5.82 Å². The van der Waals surface area contributed by atoms with Crippen LogP contribution < -0.4 is 5.73 Å². The van der Waals surface area contributed by atoms with Gasteiger partial charge in [0, 0.05) is 5.56 Å². The van der Waals surface area contributed by atoms with Gasteiger partial charge in [0.25, 0.3) is 0 Å². The van der Waals surface area contributed by atoms with Crippen molar-refractivity contribution >= 4 is 29.0 Å². The van der Waals surface area contributed by atoms with Crippen LogP contribution in [0.4, 0.5) is 10.2 Å². The highest BCUT2D eigenvalue weighted by molar-refractivity contribution is 6.35. The Morgan fingerprint density at radius 1 is 1.33 bits per heavy atom. The quantitative estimate of drug-likeness (QED) is 0.840. The van der Waals surface area contributed by atoms with Gasteiger partial charge >= 0.3 is 0 Å². The molecule has 1 aromatic carbocycles. The van der Waals surface area contributed by atoms with E-state index in [9.17, 15) is 4.39 Å². The van der Waals surface area contributed by atoms with E-state index >= 15 is 0 Å². The van der Waals surface area contributed by atoms with Crippen LogP contribution in [0, 0.1) is 5.82 Å². The summed E-state index contributed by atoms with van der Waals surface area (Å²) < 4.78 is 18.0. The number of nitrogen functional groups attached to an aromatic ring is 1. The van der Waals surface area contributed by atoms with Gasteiger partial charge in [-0.3, -0.25) is 0 Å². The van der Waals surface area contributed by atoms with Gasteiger partial charge in [-0.15, -0.1) is 0 Å². The van der Waals surface area contributed by atoms with Crippen LogP contribution in [-0.2, 0) is 0 Å². The molecule has 0 aliphatic carbocycles. The van der Waals surface area contributed by atoms with Crippen LogP contribution in [0.3, 0.4) is 0 Å². The summed E-state index contributed by atoms with van der Waals surface area (Å²) in [7, 11) is 0. The molecule has 0 aliphatic heterocycles. The molecule has 1 aromatic heterocycles. The number of nitrogens with zero attached hydrogens (tertiary/aromatic N) is 1. The molecule has 15 heavy (non-hydrogen) atoms. The molecule has 0 spiro atoms. The van der Waals surface area contributed by atoms with Gasteiger partial charge in [-0.05, 0) is 18.2 Å². The molecule has 2 N–H and O–H groups in total. The topological polar surface area (TPSA) is 52.0 Å². The Balaban J connectivity index is 2.55. The summed E-state index contributed by atoms with van der Waals surface area (Å²) in [5.74, 6) is -0.257. The minimum Gasteiger partial charge on any atom is -0.380 e. The molecule has 0 amide bonds. The van der Waals surface area contributed by atoms with Crippen LogP contribution in [0.25, 0.3) is 11.3 Å². The Morgan fingerprint density at radius 3 is 2.60 bits per heavy atom. The summed E-state index contributed by atoms with van der Waals surface area (Å²) in [5, 5.41) is 3.65. The predicted molar refractivity (Wildman–Crippen MR) is 56.3 cm³/mol. The van der Waals surface area contributed by atoms with Crippen LogP contribution in [-0.4, -0.2) is 5.16 Å². The molecular weight excluding hydrogens is 242 g/mol. The second kappa shape index (κ2) is 3.72. The normalized spacial score (nSPS) is 10.6. The molecule has 2 rings (SSSR count). The predicted octanol–water partition coefficient (Wildman–Crippen LogP) is 3.37.